The highest BCUT2D eigenvalue weighted by Gasteiger charge is 2.06. The van der Waals surface area contributed by atoms with Crippen LogP contribution in [-0.4, -0.2) is 18.4 Å². The molecule has 0 heterocycles. The van der Waals surface area contributed by atoms with Crippen LogP contribution in [0.1, 0.15) is 19.8 Å². The summed E-state index contributed by atoms with van der Waals surface area (Å²) in [7, 11) is 0. The van der Waals surface area contributed by atoms with E-state index in [1.54, 1.807) is 24.3 Å². The molecule has 0 radical (unpaired) electrons. The first kappa shape index (κ1) is 18.0. The minimum atomic E-state index is -0.164. The summed E-state index contributed by atoms with van der Waals surface area (Å²) >= 11 is 3.42. The van der Waals surface area contributed by atoms with E-state index in [1.165, 1.54) is 0 Å². The monoisotopic (exact) mass is 389 g/mol. The minimum absolute atomic E-state index is 0.0310. The summed E-state index contributed by atoms with van der Waals surface area (Å²) in [4.78, 5) is 23.7. The van der Waals surface area contributed by atoms with Gasteiger partial charge in [-0.2, -0.15) is 0 Å². The van der Waals surface area contributed by atoms with Crippen LogP contribution in [-0.2, 0) is 9.59 Å². The highest BCUT2D eigenvalue weighted by atomic mass is 79.9. The Kier molecular flexibility index (Phi) is 6.81. The van der Waals surface area contributed by atoms with Crippen molar-refractivity contribution in [1.29, 1.82) is 0 Å². The molecule has 126 valence electrons. The number of para-hydroxylation sites is 1. The van der Waals surface area contributed by atoms with Gasteiger partial charge in [0.25, 0.3) is 0 Å². The first-order chi connectivity index (χ1) is 11.6. The molecule has 2 rings (SSSR count). The van der Waals surface area contributed by atoms with Crippen LogP contribution >= 0.6 is 15.9 Å². The molecule has 0 aliphatic rings. The van der Waals surface area contributed by atoms with E-state index in [4.69, 9.17) is 0 Å². The second-order valence-electron chi connectivity index (χ2n) is 5.26. The van der Waals surface area contributed by atoms with E-state index in [0.29, 0.717) is 17.8 Å². The Balaban J connectivity index is 1.89. The fraction of sp³-hybridized carbons (Fsp3) is 0.222. The molecule has 0 fully saturated rings. The highest BCUT2D eigenvalue weighted by Crippen LogP contribution is 2.21. The predicted molar refractivity (Wildman–Crippen MR) is 101 cm³/mol. The molecular formula is C18H20BrN3O2. The smallest absolute Gasteiger partial charge is 0.243 e. The molecule has 0 bridgehead atoms. The number of halogens is 1. The zero-order chi connectivity index (χ0) is 17.4. The lowest BCUT2D eigenvalue weighted by atomic mass is 10.2. The number of hydrogen-bond acceptors (Lipinski definition) is 3. The first-order valence-corrected chi connectivity index (χ1v) is 8.56. The van der Waals surface area contributed by atoms with E-state index >= 15 is 0 Å². The molecule has 2 aromatic rings. The molecule has 2 amide bonds. The van der Waals surface area contributed by atoms with Crippen molar-refractivity contribution in [1.82, 2.24) is 0 Å². The summed E-state index contributed by atoms with van der Waals surface area (Å²) in [5.74, 6) is -0.195. The van der Waals surface area contributed by atoms with Crippen LogP contribution in [0.25, 0.3) is 0 Å². The van der Waals surface area contributed by atoms with Gasteiger partial charge in [-0.25, -0.2) is 0 Å². The lowest BCUT2D eigenvalue weighted by Gasteiger charge is -2.10. The average molecular weight is 390 g/mol. The van der Waals surface area contributed by atoms with E-state index in [-0.39, 0.29) is 18.4 Å². The standard InChI is InChI=1S/C18H20BrN3O2/c1-2-6-17(23)21-13-7-5-8-14(11-13)22-18(24)12-20-16-10-4-3-9-15(16)19/h3-5,7-11,20H,2,6,12H2,1H3,(H,21,23)(H,22,24). The number of benzene rings is 2. The van der Waals surface area contributed by atoms with Crippen LogP contribution in [0.15, 0.2) is 53.0 Å². The van der Waals surface area contributed by atoms with Crippen molar-refractivity contribution in [2.45, 2.75) is 19.8 Å². The molecule has 0 saturated heterocycles. The normalized spacial score (nSPS) is 10.1. The summed E-state index contributed by atoms with van der Waals surface area (Å²) in [5, 5.41) is 8.69. The number of rotatable bonds is 7. The Morgan fingerprint density at radius 1 is 0.958 bits per heavy atom. The second kappa shape index (κ2) is 9.08. The van der Waals surface area contributed by atoms with Gasteiger partial charge in [0.15, 0.2) is 0 Å². The zero-order valence-corrected chi connectivity index (χ0v) is 15.0. The SMILES string of the molecule is CCCC(=O)Nc1cccc(NC(=O)CNc2ccccc2Br)c1. The minimum Gasteiger partial charge on any atom is -0.375 e. The van der Waals surface area contributed by atoms with Gasteiger partial charge < -0.3 is 16.0 Å². The maximum Gasteiger partial charge on any atom is 0.243 e. The molecule has 0 atom stereocenters. The van der Waals surface area contributed by atoms with Crippen LogP contribution in [0, 0.1) is 0 Å². The number of carbonyl (C=O) groups excluding carboxylic acids is 2. The van der Waals surface area contributed by atoms with Crippen molar-refractivity contribution in [2.24, 2.45) is 0 Å². The van der Waals surface area contributed by atoms with Gasteiger partial charge in [-0.15, -0.1) is 0 Å². The summed E-state index contributed by atoms with van der Waals surface area (Å²) in [6, 6.07) is 14.7. The van der Waals surface area contributed by atoms with E-state index < -0.39 is 0 Å². The maximum atomic E-state index is 12.1. The molecule has 0 unspecified atom stereocenters. The van der Waals surface area contributed by atoms with Crippen molar-refractivity contribution < 1.29 is 9.59 Å². The molecule has 6 heteroatoms. The van der Waals surface area contributed by atoms with Crippen LogP contribution in [0.3, 0.4) is 0 Å². The van der Waals surface area contributed by atoms with Crippen molar-refractivity contribution in [3.8, 4) is 0 Å². The van der Waals surface area contributed by atoms with E-state index in [0.717, 1.165) is 16.6 Å². The molecular weight excluding hydrogens is 370 g/mol. The third-order valence-electron chi connectivity index (χ3n) is 3.22. The van der Waals surface area contributed by atoms with Gasteiger partial charge in [-0.1, -0.05) is 25.1 Å². The van der Waals surface area contributed by atoms with Crippen LogP contribution in [0.5, 0.6) is 0 Å². The first-order valence-electron chi connectivity index (χ1n) is 7.76. The second-order valence-corrected chi connectivity index (χ2v) is 6.11. The Bertz CT molecular complexity index is 719. The van der Waals surface area contributed by atoms with Gasteiger partial charge >= 0.3 is 0 Å². The molecule has 24 heavy (non-hydrogen) atoms. The Hall–Kier alpha value is -2.34. The fourth-order valence-electron chi connectivity index (χ4n) is 2.11. The summed E-state index contributed by atoms with van der Waals surface area (Å²) in [5.41, 5.74) is 2.17. The highest BCUT2D eigenvalue weighted by molar-refractivity contribution is 9.10. The Morgan fingerprint density at radius 2 is 1.62 bits per heavy atom. The molecule has 2 aromatic carbocycles. The molecule has 0 aliphatic carbocycles. The number of hydrogen-bond donors (Lipinski definition) is 3. The topological polar surface area (TPSA) is 70.2 Å². The lowest BCUT2D eigenvalue weighted by Crippen LogP contribution is -2.22. The summed E-state index contributed by atoms with van der Waals surface area (Å²) < 4.78 is 0.901. The number of amides is 2. The fourth-order valence-corrected chi connectivity index (χ4v) is 2.54. The Labute approximate surface area is 150 Å². The van der Waals surface area contributed by atoms with Crippen molar-refractivity contribution in [3.05, 3.63) is 53.0 Å². The van der Waals surface area contributed by atoms with Crippen molar-refractivity contribution >= 4 is 44.8 Å². The maximum absolute atomic E-state index is 12.1. The summed E-state index contributed by atoms with van der Waals surface area (Å²) in [6.45, 7) is 2.10. The third-order valence-corrected chi connectivity index (χ3v) is 3.91. The molecule has 0 aromatic heterocycles. The number of anilines is 3. The molecule has 0 saturated carbocycles. The lowest BCUT2D eigenvalue weighted by molar-refractivity contribution is -0.116. The zero-order valence-electron chi connectivity index (χ0n) is 13.4. The largest absolute Gasteiger partial charge is 0.375 e. The van der Waals surface area contributed by atoms with E-state index in [2.05, 4.69) is 31.9 Å². The Morgan fingerprint density at radius 3 is 2.29 bits per heavy atom. The van der Waals surface area contributed by atoms with Gasteiger partial charge in [-0.05, 0) is 52.7 Å². The van der Waals surface area contributed by atoms with E-state index in [1.807, 2.05) is 31.2 Å². The number of carbonyl (C=O) groups is 2. The van der Waals surface area contributed by atoms with Crippen LogP contribution in [0.2, 0.25) is 0 Å². The van der Waals surface area contributed by atoms with Crippen LogP contribution < -0.4 is 16.0 Å². The van der Waals surface area contributed by atoms with Crippen molar-refractivity contribution in [2.75, 3.05) is 22.5 Å². The average Bonchev–Trinajstić information content (AvgIpc) is 2.54. The number of nitrogens with one attached hydrogen (secondary N) is 3. The van der Waals surface area contributed by atoms with Gasteiger partial charge in [0.05, 0.1) is 6.54 Å². The van der Waals surface area contributed by atoms with Gasteiger partial charge in [0, 0.05) is 28.0 Å². The van der Waals surface area contributed by atoms with Gasteiger partial charge in [0.2, 0.25) is 11.8 Å². The molecule has 0 spiro atoms. The van der Waals surface area contributed by atoms with Crippen LogP contribution in [0.4, 0.5) is 17.1 Å². The van der Waals surface area contributed by atoms with E-state index in [9.17, 15) is 9.59 Å². The molecule has 0 aliphatic heterocycles. The molecule has 5 nitrogen and oxygen atoms in total. The third kappa shape index (κ3) is 5.70. The van der Waals surface area contributed by atoms with Crippen molar-refractivity contribution in [3.63, 3.8) is 0 Å². The van der Waals surface area contributed by atoms with Gasteiger partial charge in [-0.3, -0.25) is 9.59 Å². The summed E-state index contributed by atoms with van der Waals surface area (Å²) in [6.07, 6.45) is 1.27. The quantitative estimate of drug-likeness (QED) is 0.663. The van der Waals surface area contributed by atoms with Gasteiger partial charge in [0.1, 0.15) is 0 Å². The molecule has 3 N–H and O–H groups in total. The predicted octanol–water partition coefficient (Wildman–Crippen LogP) is 4.24.